The molecule has 37 heavy (non-hydrogen) atoms. The van der Waals surface area contributed by atoms with E-state index in [0.29, 0.717) is 28.3 Å². The standard InChI is InChI=1S/C31H33NO5/c1-19(2)37-23-15-12-20(13-16-23)27-26(29(34)30(35)32(27)22-10-8-7-9-11-22)28(33)21-14-17-25(36-6)24(18-21)31(3,4)5/h7-19,27,33H,1-6H3/b28-26-. The Balaban J connectivity index is 1.91. The summed E-state index contributed by atoms with van der Waals surface area (Å²) in [6.45, 7) is 10.0. The molecular formula is C31H33NO5. The first-order chi connectivity index (χ1) is 17.5. The van der Waals surface area contributed by atoms with E-state index < -0.39 is 17.7 Å². The molecule has 3 aromatic rings. The number of ether oxygens (including phenoxy) is 2. The first-order valence-electron chi connectivity index (χ1n) is 12.3. The average molecular weight is 500 g/mol. The Morgan fingerprint density at radius 1 is 0.946 bits per heavy atom. The number of methoxy groups -OCH3 is 1. The van der Waals surface area contributed by atoms with Gasteiger partial charge in [0.25, 0.3) is 11.7 Å². The summed E-state index contributed by atoms with van der Waals surface area (Å²) in [5.41, 5.74) is 2.34. The Morgan fingerprint density at radius 3 is 2.16 bits per heavy atom. The van der Waals surface area contributed by atoms with Crippen LogP contribution in [0.3, 0.4) is 0 Å². The van der Waals surface area contributed by atoms with Crippen LogP contribution in [0, 0.1) is 0 Å². The van der Waals surface area contributed by atoms with Crippen molar-refractivity contribution < 1.29 is 24.2 Å². The van der Waals surface area contributed by atoms with Crippen molar-refractivity contribution in [2.45, 2.75) is 52.2 Å². The van der Waals surface area contributed by atoms with Crippen molar-refractivity contribution in [1.82, 2.24) is 0 Å². The molecule has 1 aliphatic rings. The summed E-state index contributed by atoms with van der Waals surface area (Å²) in [4.78, 5) is 28.3. The van der Waals surface area contributed by atoms with E-state index >= 15 is 0 Å². The number of hydrogen-bond acceptors (Lipinski definition) is 5. The van der Waals surface area contributed by atoms with Gasteiger partial charge in [0, 0.05) is 16.8 Å². The summed E-state index contributed by atoms with van der Waals surface area (Å²) in [5, 5.41) is 11.5. The molecule has 1 unspecified atom stereocenters. The lowest BCUT2D eigenvalue weighted by Crippen LogP contribution is -2.29. The monoisotopic (exact) mass is 499 g/mol. The van der Waals surface area contributed by atoms with Crippen LogP contribution in [0.15, 0.2) is 78.4 Å². The maximum Gasteiger partial charge on any atom is 0.300 e. The second-order valence-electron chi connectivity index (χ2n) is 10.4. The predicted octanol–water partition coefficient (Wildman–Crippen LogP) is 6.41. The zero-order chi connectivity index (χ0) is 26.9. The van der Waals surface area contributed by atoms with Gasteiger partial charge in [0.2, 0.25) is 0 Å². The molecule has 6 nitrogen and oxygen atoms in total. The lowest BCUT2D eigenvalue weighted by atomic mass is 9.84. The van der Waals surface area contributed by atoms with Crippen LogP contribution in [0.25, 0.3) is 5.76 Å². The number of para-hydroxylation sites is 1. The highest BCUT2D eigenvalue weighted by molar-refractivity contribution is 6.51. The van der Waals surface area contributed by atoms with Crippen LogP contribution in [-0.4, -0.2) is 30.0 Å². The van der Waals surface area contributed by atoms with Crippen LogP contribution in [0.5, 0.6) is 11.5 Å². The van der Waals surface area contributed by atoms with E-state index in [4.69, 9.17) is 9.47 Å². The summed E-state index contributed by atoms with van der Waals surface area (Å²) in [6, 6.07) is 20.8. The van der Waals surface area contributed by atoms with E-state index in [0.717, 1.165) is 5.56 Å². The molecule has 0 bridgehead atoms. The van der Waals surface area contributed by atoms with E-state index in [9.17, 15) is 14.7 Å². The van der Waals surface area contributed by atoms with Gasteiger partial charge < -0.3 is 14.6 Å². The van der Waals surface area contributed by atoms with Crippen LogP contribution in [0.2, 0.25) is 0 Å². The lowest BCUT2D eigenvalue weighted by molar-refractivity contribution is -0.132. The summed E-state index contributed by atoms with van der Waals surface area (Å²) in [6.07, 6.45) is 0.00730. The molecule has 0 radical (unpaired) electrons. The van der Waals surface area contributed by atoms with E-state index in [1.165, 1.54) is 4.90 Å². The molecule has 0 saturated carbocycles. The third-order valence-electron chi connectivity index (χ3n) is 6.33. The second kappa shape index (κ2) is 10.1. The summed E-state index contributed by atoms with van der Waals surface area (Å²) >= 11 is 0. The van der Waals surface area contributed by atoms with E-state index in [1.807, 2.05) is 83.1 Å². The summed E-state index contributed by atoms with van der Waals surface area (Å²) < 4.78 is 11.3. The number of aliphatic hydroxyl groups excluding tert-OH is 1. The Kier molecular flexibility index (Phi) is 7.12. The number of nitrogens with zero attached hydrogens (tertiary/aromatic N) is 1. The molecule has 6 heteroatoms. The molecule has 0 aliphatic carbocycles. The van der Waals surface area contributed by atoms with Crippen molar-refractivity contribution >= 4 is 23.1 Å². The Hall–Kier alpha value is -4.06. The van der Waals surface area contributed by atoms with Crippen LogP contribution in [0.4, 0.5) is 5.69 Å². The number of Topliss-reactive ketones (excluding diaryl/α,β-unsaturated/α-hetero) is 1. The number of hydrogen-bond donors (Lipinski definition) is 1. The molecule has 1 aliphatic heterocycles. The van der Waals surface area contributed by atoms with Crippen molar-refractivity contribution in [3.63, 3.8) is 0 Å². The van der Waals surface area contributed by atoms with Crippen molar-refractivity contribution in [1.29, 1.82) is 0 Å². The third kappa shape index (κ3) is 5.10. The minimum Gasteiger partial charge on any atom is -0.507 e. The second-order valence-corrected chi connectivity index (χ2v) is 10.4. The van der Waals surface area contributed by atoms with Gasteiger partial charge in [0.15, 0.2) is 0 Å². The zero-order valence-electron chi connectivity index (χ0n) is 22.1. The Morgan fingerprint density at radius 2 is 1.59 bits per heavy atom. The lowest BCUT2D eigenvalue weighted by Gasteiger charge is -2.26. The molecule has 1 saturated heterocycles. The molecule has 192 valence electrons. The van der Waals surface area contributed by atoms with Crippen LogP contribution >= 0.6 is 0 Å². The highest BCUT2D eigenvalue weighted by atomic mass is 16.5. The van der Waals surface area contributed by atoms with Crippen molar-refractivity contribution in [3.8, 4) is 11.5 Å². The van der Waals surface area contributed by atoms with Gasteiger partial charge in [0.05, 0.1) is 24.8 Å². The molecule has 0 spiro atoms. The van der Waals surface area contributed by atoms with Gasteiger partial charge in [-0.25, -0.2) is 0 Å². The molecule has 4 rings (SSSR count). The molecule has 0 aromatic heterocycles. The number of carbonyl (C=O) groups is 2. The number of anilines is 1. The summed E-state index contributed by atoms with van der Waals surface area (Å²) in [5.74, 6) is -0.282. The number of aliphatic hydroxyl groups is 1. The molecular weight excluding hydrogens is 466 g/mol. The largest absolute Gasteiger partial charge is 0.507 e. The minimum atomic E-state index is -0.810. The minimum absolute atomic E-state index is 0.00730. The predicted molar refractivity (Wildman–Crippen MR) is 145 cm³/mol. The van der Waals surface area contributed by atoms with Gasteiger partial charge in [-0.15, -0.1) is 0 Å². The topological polar surface area (TPSA) is 76.1 Å². The first-order valence-corrected chi connectivity index (χ1v) is 12.3. The molecule has 1 N–H and O–H groups in total. The Labute approximate surface area is 218 Å². The number of rotatable bonds is 6. The van der Waals surface area contributed by atoms with Gasteiger partial charge >= 0.3 is 0 Å². The van der Waals surface area contributed by atoms with E-state index in [-0.39, 0.29) is 22.9 Å². The van der Waals surface area contributed by atoms with Crippen molar-refractivity contribution in [3.05, 3.63) is 95.1 Å². The number of carbonyl (C=O) groups excluding carboxylic acids is 2. The fraction of sp³-hybridized carbons (Fsp3) is 0.290. The molecule has 1 fully saturated rings. The van der Waals surface area contributed by atoms with E-state index in [2.05, 4.69) is 0 Å². The molecule has 3 aromatic carbocycles. The number of amides is 1. The third-order valence-corrected chi connectivity index (χ3v) is 6.33. The normalized spacial score (nSPS) is 17.4. The van der Waals surface area contributed by atoms with Gasteiger partial charge in [-0.05, 0) is 67.3 Å². The zero-order valence-corrected chi connectivity index (χ0v) is 22.1. The van der Waals surface area contributed by atoms with E-state index in [1.54, 1.807) is 31.4 Å². The average Bonchev–Trinajstić information content (AvgIpc) is 3.13. The van der Waals surface area contributed by atoms with Crippen molar-refractivity contribution in [2.24, 2.45) is 0 Å². The van der Waals surface area contributed by atoms with Crippen LogP contribution in [0.1, 0.15) is 57.4 Å². The summed E-state index contributed by atoms with van der Waals surface area (Å²) in [7, 11) is 1.60. The fourth-order valence-corrected chi connectivity index (χ4v) is 4.60. The van der Waals surface area contributed by atoms with Crippen molar-refractivity contribution in [2.75, 3.05) is 12.0 Å². The quantitative estimate of drug-likeness (QED) is 0.241. The van der Waals surface area contributed by atoms with Crippen LogP contribution < -0.4 is 14.4 Å². The first kappa shape index (κ1) is 26.0. The molecule has 1 amide bonds. The smallest absolute Gasteiger partial charge is 0.300 e. The highest BCUT2D eigenvalue weighted by Crippen LogP contribution is 2.43. The van der Waals surface area contributed by atoms with Gasteiger partial charge in [-0.3, -0.25) is 14.5 Å². The molecule has 1 atom stereocenters. The van der Waals surface area contributed by atoms with Gasteiger partial charge in [-0.2, -0.15) is 0 Å². The maximum atomic E-state index is 13.4. The Bertz CT molecular complexity index is 1330. The van der Waals surface area contributed by atoms with Crippen LogP contribution in [-0.2, 0) is 15.0 Å². The number of ketones is 1. The van der Waals surface area contributed by atoms with Gasteiger partial charge in [-0.1, -0.05) is 51.1 Å². The van der Waals surface area contributed by atoms with Gasteiger partial charge in [0.1, 0.15) is 17.3 Å². The number of benzene rings is 3. The fourth-order valence-electron chi connectivity index (χ4n) is 4.60. The molecule has 1 heterocycles. The maximum absolute atomic E-state index is 13.4. The SMILES string of the molecule is COc1ccc(/C(O)=C2/C(=O)C(=O)N(c3ccccc3)C2c2ccc(OC(C)C)cc2)cc1C(C)(C)C. The highest BCUT2D eigenvalue weighted by Gasteiger charge is 2.47.